The average molecular weight is 265 g/mol. The summed E-state index contributed by atoms with van der Waals surface area (Å²) in [6.45, 7) is 6.83. The minimum Gasteiger partial charge on any atom is -0.303 e. The lowest BCUT2D eigenvalue weighted by atomic mass is 9.82. The second-order valence-electron chi connectivity index (χ2n) is 6.21. The van der Waals surface area contributed by atoms with Crippen LogP contribution in [0, 0.1) is 5.92 Å². The fourth-order valence-corrected chi connectivity index (χ4v) is 2.96. The minimum atomic E-state index is 0.327. The van der Waals surface area contributed by atoms with Crippen molar-refractivity contribution < 1.29 is 0 Å². The van der Waals surface area contributed by atoms with E-state index in [4.69, 9.17) is 0 Å². The number of hydrogen-bond donors (Lipinski definition) is 1. The normalized spacial score (nSPS) is 15.8. The van der Waals surface area contributed by atoms with E-state index in [1.165, 1.54) is 22.3 Å². The molecule has 1 nitrogen and oxygen atoms in total. The molecule has 1 aliphatic carbocycles. The summed E-state index contributed by atoms with van der Waals surface area (Å²) in [5.41, 5.74) is 5.80. The molecular formula is C19H23N. The van der Waals surface area contributed by atoms with Crippen LogP contribution in [0.3, 0.4) is 0 Å². The summed E-state index contributed by atoms with van der Waals surface area (Å²) in [6.07, 6.45) is 1.06. The summed E-state index contributed by atoms with van der Waals surface area (Å²) in [5, 5.41) is 3.83. The van der Waals surface area contributed by atoms with Crippen molar-refractivity contribution in [3.8, 4) is 0 Å². The third-order valence-corrected chi connectivity index (χ3v) is 4.54. The van der Waals surface area contributed by atoms with Crippen molar-refractivity contribution in [3.63, 3.8) is 0 Å². The van der Waals surface area contributed by atoms with Crippen LogP contribution in [0.15, 0.2) is 48.5 Å². The molecule has 0 radical (unpaired) electrons. The summed E-state index contributed by atoms with van der Waals surface area (Å²) in [4.78, 5) is 0. The summed E-state index contributed by atoms with van der Waals surface area (Å²) in [6, 6.07) is 18.5. The van der Waals surface area contributed by atoms with E-state index in [0.717, 1.165) is 6.42 Å². The fraction of sp³-hybridized carbons (Fsp3) is 0.368. The van der Waals surface area contributed by atoms with Crippen LogP contribution < -0.4 is 5.32 Å². The topological polar surface area (TPSA) is 12.0 Å². The molecule has 1 unspecified atom stereocenters. The standard InChI is InChI=1S/C19H23N/c1-13(2)14(3)20-19-17-10-6-4-8-15(17)12-16-9-5-7-11-18(16)19/h4-11,13-14,19-20H,12H2,1-3H3. The molecular weight excluding hydrogens is 242 g/mol. The first-order chi connectivity index (χ1) is 9.66. The highest BCUT2D eigenvalue weighted by Crippen LogP contribution is 2.35. The first kappa shape index (κ1) is 13.4. The number of nitrogens with one attached hydrogen (secondary N) is 1. The molecule has 2 aromatic carbocycles. The van der Waals surface area contributed by atoms with E-state index in [2.05, 4.69) is 74.6 Å². The maximum Gasteiger partial charge on any atom is 0.0584 e. The van der Waals surface area contributed by atoms with E-state index < -0.39 is 0 Å². The van der Waals surface area contributed by atoms with Crippen molar-refractivity contribution in [2.75, 3.05) is 0 Å². The Balaban J connectivity index is 2.03. The zero-order valence-electron chi connectivity index (χ0n) is 12.6. The summed E-state index contributed by atoms with van der Waals surface area (Å²) in [7, 11) is 0. The van der Waals surface area contributed by atoms with Gasteiger partial charge in [0.1, 0.15) is 0 Å². The first-order valence-electron chi connectivity index (χ1n) is 7.58. The Morgan fingerprint density at radius 2 is 1.35 bits per heavy atom. The van der Waals surface area contributed by atoms with E-state index >= 15 is 0 Å². The third-order valence-electron chi connectivity index (χ3n) is 4.54. The smallest absolute Gasteiger partial charge is 0.0584 e. The number of hydrogen-bond acceptors (Lipinski definition) is 1. The molecule has 0 saturated carbocycles. The molecule has 20 heavy (non-hydrogen) atoms. The Morgan fingerprint density at radius 3 is 1.85 bits per heavy atom. The van der Waals surface area contributed by atoms with Crippen molar-refractivity contribution in [1.29, 1.82) is 0 Å². The molecule has 0 saturated heterocycles. The van der Waals surface area contributed by atoms with Crippen molar-refractivity contribution in [1.82, 2.24) is 5.32 Å². The molecule has 1 aliphatic rings. The van der Waals surface area contributed by atoms with Gasteiger partial charge in [-0.2, -0.15) is 0 Å². The Bertz CT molecular complexity index is 555. The molecule has 104 valence electrons. The molecule has 1 N–H and O–H groups in total. The summed E-state index contributed by atoms with van der Waals surface area (Å²) in [5.74, 6) is 0.635. The zero-order valence-corrected chi connectivity index (χ0v) is 12.6. The number of fused-ring (bicyclic) bond motifs is 2. The monoisotopic (exact) mass is 265 g/mol. The van der Waals surface area contributed by atoms with Gasteiger partial charge in [-0.25, -0.2) is 0 Å². The van der Waals surface area contributed by atoms with Gasteiger partial charge in [0.2, 0.25) is 0 Å². The molecule has 1 atom stereocenters. The predicted octanol–water partition coefficient (Wildman–Crippen LogP) is 4.31. The fourth-order valence-electron chi connectivity index (χ4n) is 2.96. The van der Waals surface area contributed by atoms with E-state index in [1.54, 1.807) is 0 Å². The van der Waals surface area contributed by atoms with Crippen molar-refractivity contribution in [3.05, 3.63) is 70.8 Å². The van der Waals surface area contributed by atoms with Crippen LogP contribution in [-0.2, 0) is 6.42 Å². The van der Waals surface area contributed by atoms with Gasteiger partial charge < -0.3 is 5.32 Å². The largest absolute Gasteiger partial charge is 0.303 e. The van der Waals surface area contributed by atoms with Gasteiger partial charge in [-0.3, -0.25) is 0 Å². The second-order valence-corrected chi connectivity index (χ2v) is 6.21. The van der Waals surface area contributed by atoms with Crippen LogP contribution in [0.25, 0.3) is 0 Å². The van der Waals surface area contributed by atoms with Crippen molar-refractivity contribution in [2.45, 2.75) is 39.3 Å². The molecule has 0 fully saturated rings. The highest BCUT2D eigenvalue weighted by atomic mass is 15.0. The van der Waals surface area contributed by atoms with Gasteiger partial charge in [0, 0.05) is 6.04 Å². The molecule has 0 spiro atoms. The Kier molecular flexibility index (Phi) is 3.62. The Labute approximate surface area is 122 Å². The maximum absolute atomic E-state index is 3.83. The average Bonchev–Trinajstić information content (AvgIpc) is 2.46. The van der Waals surface area contributed by atoms with Crippen molar-refractivity contribution >= 4 is 0 Å². The van der Waals surface area contributed by atoms with Gasteiger partial charge in [0.25, 0.3) is 0 Å². The second kappa shape index (κ2) is 5.41. The molecule has 0 aromatic heterocycles. The van der Waals surface area contributed by atoms with E-state index in [9.17, 15) is 0 Å². The molecule has 0 aliphatic heterocycles. The van der Waals surface area contributed by atoms with Crippen LogP contribution in [0.2, 0.25) is 0 Å². The van der Waals surface area contributed by atoms with Gasteiger partial charge in [-0.05, 0) is 41.5 Å². The van der Waals surface area contributed by atoms with Gasteiger partial charge in [0.15, 0.2) is 0 Å². The lowest BCUT2D eigenvalue weighted by Gasteiger charge is -2.32. The quantitative estimate of drug-likeness (QED) is 0.871. The lowest BCUT2D eigenvalue weighted by molar-refractivity contribution is 0.396. The molecule has 2 aromatic rings. The van der Waals surface area contributed by atoms with Crippen LogP contribution >= 0.6 is 0 Å². The van der Waals surface area contributed by atoms with Crippen LogP contribution in [0.1, 0.15) is 49.1 Å². The van der Waals surface area contributed by atoms with Crippen LogP contribution in [0.5, 0.6) is 0 Å². The molecule has 3 rings (SSSR count). The number of rotatable bonds is 3. The third kappa shape index (κ3) is 2.38. The molecule has 0 bridgehead atoms. The first-order valence-corrected chi connectivity index (χ1v) is 7.58. The van der Waals surface area contributed by atoms with E-state index in [1.807, 2.05) is 0 Å². The maximum atomic E-state index is 3.83. The highest BCUT2D eigenvalue weighted by molar-refractivity contribution is 5.48. The summed E-state index contributed by atoms with van der Waals surface area (Å²) < 4.78 is 0. The SMILES string of the molecule is CC(C)C(C)NC1c2ccccc2Cc2ccccc21. The van der Waals surface area contributed by atoms with Crippen molar-refractivity contribution in [2.24, 2.45) is 5.92 Å². The Hall–Kier alpha value is -1.60. The number of benzene rings is 2. The van der Waals surface area contributed by atoms with Gasteiger partial charge in [-0.15, -0.1) is 0 Å². The van der Waals surface area contributed by atoms with Gasteiger partial charge in [0.05, 0.1) is 6.04 Å². The predicted molar refractivity (Wildman–Crippen MR) is 85.0 cm³/mol. The van der Waals surface area contributed by atoms with Gasteiger partial charge >= 0.3 is 0 Å². The van der Waals surface area contributed by atoms with Crippen LogP contribution in [0.4, 0.5) is 0 Å². The minimum absolute atomic E-state index is 0.327. The molecule has 1 heteroatoms. The Morgan fingerprint density at radius 1 is 0.850 bits per heavy atom. The highest BCUT2D eigenvalue weighted by Gasteiger charge is 2.26. The van der Waals surface area contributed by atoms with Gasteiger partial charge in [-0.1, -0.05) is 62.4 Å². The van der Waals surface area contributed by atoms with E-state index in [-0.39, 0.29) is 0 Å². The molecule has 0 amide bonds. The summed E-state index contributed by atoms with van der Waals surface area (Å²) >= 11 is 0. The zero-order chi connectivity index (χ0) is 14.1. The lowest BCUT2D eigenvalue weighted by Crippen LogP contribution is -2.37. The van der Waals surface area contributed by atoms with E-state index in [0.29, 0.717) is 18.0 Å². The molecule has 0 heterocycles. The van der Waals surface area contributed by atoms with Crippen LogP contribution in [-0.4, -0.2) is 6.04 Å².